The Balaban J connectivity index is 1.39. The summed E-state index contributed by atoms with van der Waals surface area (Å²) in [6, 6.07) is 8.35. The molecule has 0 spiro atoms. The van der Waals surface area contributed by atoms with Gasteiger partial charge < -0.3 is 5.32 Å². The molecule has 6 nitrogen and oxygen atoms in total. The Morgan fingerprint density at radius 2 is 1.93 bits per heavy atom. The Kier molecular flexibility index (Phi) is 5.23. The van der Waals surface area contributed by atoms with Crippen LogP contribution < -0.4 is 5.32 Å². The number of carbonyl (C=O) groups is 1. The number of halogens is 2. The van der Waals surface area contributed by atoms with Gasteiger partial charge in [0, 0.05) is 18.0 Å². The Morgan fingerprint density at radius 3 is 2.71 bits per heavy atom. The van der Waals surface area contributed by atoms with Crippen molar-refractivity contribution in [2.75, 3.05) is 5.32 Å². The molecule has 1 amide bonds. The number of benzene rings is 1. The van der Waals surface area contributed by atoms with E-state index in [1.807, 2.05) is 11.4 Å². The van der Waals surface area contributed by atoms with E-state index in [0.717, 1.165) is 5.56 Å². The van der Waals surface area contributed by atoms with Crippen LogP contribution in [-0.2, 0) is 13.1 Å². The molecule has 0 saturated heterocycles. The second kappa shape index (κ2) is 7.95. The van der Waals surface area contributed by atoms with Gasteiger partial charge in [-0.25, -0.2) is 4.39 Å². The molecule has 3 aromatic heterocycles. The number of thiophene rings is 1. The van der Waals surface area contributed by atoms with E-state index in [1.165, 1.54) is 17.4 Å². The topological polar surface area (TPSA) is 64.7 Å². The molecule has 0 radical (unpaired) electrons. The van der Waals surface area contributed by atoms with Gasteiger partial charge in [0.2, 0.25) is 0 Å². The minimum Gasteiger partial charge on any atom is -0.319 e. The molecule has 1 aromatic carbocycles. The number of hydrogen-bond donors (Lipinski definition) is 1. The van der Waals surface area contributed by atoms with E-state index in [4.69, 9.17) is 11.6 Å². The van der Waals surface area contributed by atoms with Crippen LogP contribution in [0.4, 0.5) is 10.1 Å². The Hall–Kier alpha value is -2.97. The van der Waals surface area contributed by atoms with Gasteiger partial charge in [0.15, 0.2) is 0 Å². The lowest BCUT2D eigenvalue weighted by Gasteiger charge is -2.03. The highest BCUT2D eigenvalue weighted by atomic mass is 35.5. The normalized spacial score (nSPS) is 10.9. The van der Waals surface area contributed by atoms with Crippen molar-refractivity contribution in [1.29, 1.82) is 0 Å². The first-order valence-corrected chi connectivity index (χ1v) is 9.65. The first-order valence-electron chi connectivity index (χ1n) is 8.39. The maximum Gasteiger partial charge on any atom is 0.265 e. The molecule has 142 valence electrons. The van der Waals surface area contributed by atoms with Crippen LogP contribution in [0.25, 0.3) is 0 Å². The van der Waals surface area contributed by atoms with Crippen LogP contribution in [0.5, 0.6) is 0 Å². The fourth-order valence-corrected chi connectivity index (χ4v) is 3.65. The summed E-state index contributed by atoms with van der Waals surface area (Å²) in [6.07, 6.45) is 6.51. The minimum atomic E-state index is -0.284. The zero-order chi connectivity index (χ0) is 19.5. The summed E-state index contributed by atoms with van der Waals surface area (Å²) in [4.78, 5) is 13.0. The number of amides is 1. The summed E-state index contributed by atoms with van der Waals surface area (Å²) in [5.41, 5.74) is 2.05. The molecule has 0 fully saturated rings. The lowest BCUT2D eigenvalue weighted by atomic mass is 10.2. The highest BCUT2D eigenvalue weighted by molar-refractivity contribution is 7.12. The summed E-state index contributed by atoms with van der Waals surface area (Å²) in [5.74, 6) is -0.506. The summed E-state index contributed by atoms with van der Waals surface area (Å²) in [7, 11) is 0. The van der Waals surface area contributed by atoms with Crippen LogP contribution in [0.3, 0.4) is 0 Å². The van der Waals surface area contributed by atoms with Crippen LogP contribution in [0.2, 0.25) is 5.02 Å². The average Bonchev–Trinajstić information content (AvgIpc) is 3.40. The predicted molar refractivity (Wildman–Crippen MR) is 106 cm³/mol. The van der Waals surface area contributed by atoms with Gasteiger partial charge in [0.05, 0.1) is 41.1 Å². The van der Waals surface area contributed by atoms with Gasteiger partial charge in [-0.05, 0) is 23.1 Å². The Bertz CT molecular complexity index is 1120. The number of hydrogen-bond acceptors (Lipinski definition) is 4. The van der Waals surface area contributed by atoms with Crippen molar-refractivity contribution in [3.05, 3.63) is 87.3 Å². The first kappa shape index (κ1) is 18.4. The summed E-state index contributed by atoms with van der Waals surface area (Å²) < 4.78 is 17.0. The van der Waals surface area contributed by atoms with Crippen molar-refractivity contribution in [3.63, 3.8) is 0 Å². The number of rotatable bonds is 6. The smallest absolute Gasteiger partial charge is 0.265 e. The molecule has 0 atom stereocenters. The first-order chi connectivity index (χ1) is 13.6. The fourth-order valence-electron chi connectivity index (χ4n) is 2.70. The third kappa shape index (κ3) is 4.29. The van der Waals surface area contributed by atoms with E-state index in [2.05, 4.69) is 15.5 Å². The van der Waals surface area contributed by atoms with Gasteiger partial charge in [-0.1, -0.05) is 29.8 Å². The monoisotopic (exact) mass is 415 g/mol. The van der Waals surface area contributed by atoms with E-state index in [9.17, 15) is 9.18 Å². The fraction of sp³-hybridized carbons (Fsp3) is 0.105. The molecule has 9 heteroatoms. The van der Waals surface area contributed by atoms with Crippen LogP contribution in [0.15, 0.2) is 60.5 Å². The van der Waals surface area contributed by atoms with Crippen molar-refractivity contribution >= 4 is 34.5 Å². The van der Waals surface area contributed by atoms with E-state index in [1.54, 1.807) is 52.4 Å². The zero-order valence-corrected chi connectivity index (χ0v) is 16.1. The van der Waals surface area contributed by atoms with Gasteiger partial charge in [0.25, 0.3) is 5.91 Å². The Morgan fingerprint density at radius 1 is 1.14 bits per heavy atom. The molecule has 4 aromatic rings. The average molecular weight is 416 g/mol. The van der Waals surface area contributed by atoms with Gasteiger partial charge >= 0.3 is 0 Å². The zero-order valence-electron chi connectivity index (χ0n) is 14.5. The van der Waals surface area contributed by atoms with Crippen molar-refractivity contribution in [1.82, 2.24) is 19.6 Å². The SMILES string of the molecule is O=C(Nc1cnn(Cc2ccccc2F)c1)c1cc(Cn2cc(Cl)cn2)cs1. The quantitative estimate of drug-likeness (QED) is 0.511. The second-order valence-corrected chi connectivity index (χ2v) is 7.50. The molecule has 28 heavy (non-hydrogen) atoms. The van der Waals surface area contributed by atoms with E-state index in [0.29, 0.717) is 27.7 Å². The van der Waals surface area contributed by atoms with E-state index < -0.39 is 0 Å². The van der Waals surface area contributed by atoms with Gasteiger partial charge in [0.1, 0.15) is 5.82 Å². The molecule has 1 N–H and O–H groups in total. The van der Waals surface area contributed by atoms with Crippen molar-refractivity contribution < 1.29 is 9.18 Å². The molecule has 4 rings (SSSR count). The molecule has 0 unspecified atom stereocenters. The van der Waals surface area contributed by atoms with Crippen LogP contribution in [-0.4, -0.2) is 25.5 Å². The number of aromatic nitrogens is 4. The highest BCUT2D eigenvalue weighted by Crippen LogP contribution is 2.19. The predicted octanol–water partition coefficient (Wildman–Crippen LogP) is 4.28. The second-order valence-electron chi connectivity index (χ2n) is 6.15. The van der Waals surface area contributed by atoms with Gasteiger partial charge in [-0.3, -0.25) is 14.2 Å². The largest absolute Gasteiger partial charge is 0.319 e. The minimum absolute atomic E-state index is 0.222. The van der Waals surface area contributed by atoms with Crippen LogP contribution in [0, 0.1) is 5.82 Å². The molecule has 0 aliphatic rings. The third-order valence-corrected chi connectivity index (χ3v) is 5.18. The van der Waals surface area contributed by atoms with E-state index in [-0.39, 0.29) is 18.3 Å². The molecule has 0 saturated carbocycles. The van der Waals surface area contributed by atoms with Crippen molar-refractivity contribution in [2.24, 2.45) is 0 Å². The lowest BCUT2D eigenvalue weighted by Crippen LogP contribution is -2.09. The van der Waals surface area contributed by atoms with Gasteiger partial charge in [-0.2, -0.15) is 10.2 Å². The summed E-state index contributed by atoms with van der Waals surface area (Å²) >= 11 is 7.21. The number of anilines is 1. The summed E-state index contributed by atoms with van der Waals surface area (Å²) in [5, 5.41) is 13.6. The maximum atomic E-state index is 13.8. The molecule has 0 bridgehead atoms. The lowest BCUT2D eigenvalue weighted by molar-refractivity contribution is 0.103. The van der Waals surface area contributed by atoms with Crippen molar-refractivity contribution in [2.45, 2.75) is 13.1 Å². The maximum absolute atomic E-state index is 13.8. The molecular weight excluding hydrogens is 401 g/mol. The molecule has 3 heterocycles. The molecule has 0 aliphatic heterocycles. The third-order valence-electron chi connectivity index (χ3n) is 4.01. The number of nitrogens with one attached hydrogen (secondary N) is 1. The molecular formula is C19H15ClFN5OS. The van der Waals surface area contributed by atoms with E-state index >= 15 is 0 Å². The van der Waals surface area contributed by atoms with Crippen LogP contribution >= 0.6 is 22.9 Å². The number of nitrogens with zero attached hydrogens (tertiary/aromatic N) is 4. The van der Waals surface area contributed by atoms with Crippen LogP contribution in [0.1, 0.15) is 20.8 Å². The van der Waals surface area contributed by atoms with Crippen molar-refractivity contribution in [3.8, 4) is 0 Å². The highest BCUT2D eigenvalue weighted by Gasteiger charge is 2.12. The van der Waals surface area contributed by atoms with Gasteiger partial charge in [-0.15, -0.1) is 11.3 Å². The summed E-state index contributed by atoms with van der Waals surface area (Å²) in [6.45, 7) is 0.829. The Labute approximate surface area is 169 Å². The standard InChI is InChI=1S/C19H15ClFN5OS/c20-15-6-22-25(10-15)8-13-5-18(28-12-13)19(27)24-16-7-23-26(11-16)9-14-3-1-2-4-17(14)21/h1-7,10-12H,8-9H2,(H,24,27). The number of carbonyl (C=O) groups excluding carboxylic acids is 1. The molecule has 0 aliphatic carbocycles.